The Morgan fingerprint density at radius 2 is 2.47 bits per heavy atom. The second kappa shape index (κ2) is 3.86. The summed E-state index contributed by atoms with van der Waals surface area (Å²) in [5.74, 6) is -0.0183. The molecule has 0 radical (unpaired) electrons. The molecule has 15 heavy (non-hydrogen) atoms. The van der Waals surface area contributed by atoms with Gasteiger partial charge in [-0.3, -0.25) is 4.79 Å². The van der Waals surface area contributed by atoms with Crippen LogP contribution in [0.5, 0.6) is 0 Å². The zero-order chi connectivity index (χ0) is 10.9. The fourth-order valence-electron chi connectivity index (χ4n) is 1.76. The van der Waals surface area contributed by atoms with Crippen LogP contribution in [-0.4, -0.2) is 44.7 Å². The van der Waals surface area contributed by atoms with Crippen molar-refractivity contribution in [2.45, 2.75) is 19.4 Å². The van der Waals surface area contributed by atoms with Crippen LogP contribution in [0, 0.1) is 0 Å². The fourth-order valence-corrected chi connectivity index (χ4v) is 2.16. The number of amides is 1. The van der Waals surface area contributed by atoms with Gasteiger partial charge in [0.05, 0.1) is 23.5 Å². The first-order chi connectivity index (χ1) is 7.11. The van der Waals surface area contributed by atoms with Crippen molar-refractivity contribution >= 4 is 17.6 Å². The van der Waals surface area contributed by atoms with Crippen LogP contribution in [0.15, 0.2) is 6.20 Å². The van der Waals surface area contributed by atoms with Crippen molar-refractivity contribution in [1.82, 2.24) is 19.0 Å². The summed E-state index contributed by atoms with van der Waals surface area (Å²) in [5, 5.41) is 3.28. The predicted octanol–water partition coefficient (Wildman–Crippen LogP) is 0.362. The lowest BCUT2D eigenvalue weighted by Crippen LogP contribution is -2.59. The first-order valence-electron chi connectivity index (χ1n) is 4.91. The van der Waals surface area contributed by atoms with E-state index in [-0.39, 0.29) is 11.4 Å². The largest absolute Gasteiger partial charge is 0.330 e. The Bertz CT molecular complexity index is 349. The van der Waals surface area contributed by atoms with Gasteiger partial charge in [0.1, 0.15) is 0 Å². The molecule has 0 unspecified atom stereocenters. The molecule has 0 aromatic carbocycles. The lowest BCUT2D eigenvalue weighted by Gasteiger charge is -2.42. The molecule has 1 amide bonds. The van der Waals surface area contributed by atoms with Crippen LogP contribution in [-0.2, 0) is 0 Å². The van der Waals surface area contributed by atoms with Crippen molar-refractivity contribution in [2.75, 3.05) is 19.6 Å². The summed E-state index contributed by atoms with van der Waals surface area (Å²) in [7, 11) is 0. The molecule has 1 N–H and O–H groups in total. The zero-order valence-corrected chi connectivity index (χ0v) is 9.67. The summed E-state index contributed by atoms with van der Waals surface area (Å²) in [6, 6.07) is 0. The molecule has 0 atom stereocenters. The van der Waals surface area contributed by atoms with Gasteiger partial charge in [-0.15, -0.1) is 0 Å². The van der Waals surface area contributed by atoms with E-state index < -0.39 is 0 Å². The molecule has 0 saturated carbocycles. The highest BCUT2D eigenvalue weighted by molar-refractivity contribution is 6.99. The van der Waals surface area contributed by atoms with Crippen LogP contribution in [0.2, 0.25) is 0 Å². The van der Waals surface area contributed by atoms with E-state index in [0.29, 0.717) is 5.69 Å². The minimum absolute atomic E-state index is 0.0183. The molecule has 2 heterocycles. The van der Waals surface area contributed by atoms with Gasteiger partial charge in [-0.05, 0) is 13.8 Å². The van der Waals surface area contributed by atoms with E-state index in [1.165, 1.54) is 6.20 Å². The van der Waals surface area contributed by atoms with Crippen molar-refractivity contribution in [3.05, 3.63) is 11.9 Å². The van der Waals surface area contributed by atoms with Crippen LogP contribution in [0.3, 0.4) is 0 Å². The third-order valence-corrected chi connectivity index (χ3v) is 3.10. The van der Waals surface area contributed by atoms with E-state index in [0.717, 1.165) is 31.4 Å². The van der Waals surface area contributed by atoms with Crippen molar-refractivity contribution in [3.8, 4) is 0 Å². The molecule has 82 valence electrons. The summed E-state index contributed by atoms with van der Waals surface area (Å²) >= 11 is 1.07. The molecule has 1 aliphatic heterocycles. The maximum atomic E-state index is 12.1. The molecule has 5 nitrogen and oxygen atoms in total. The molecule has 1 aromatic heterocycles. The predicted molar refractivity (Wildman–Crippen MR) is 57.9 cm³/mol. The highest BCUT2D eigenvalue weighted by Gasteiger charge is 2.34. The molecule has 1 fully saturated rings. The van der Waals surface area contributed by atoms with Gasteiger partial charge in [-0.1, -0.05) is 0 Å². The Morgan fingerprint density at radius 1 is 1.67 bits per heavy atom. The molecular weight excluding hydrogens is 212 g/mol. The summed E-state index contributed by atoms with van der Waals surface area (Å²) in [5.41, 5.74) is 0.300. The minimum atomic E-state index is -0.154. The number of nitrogens with one attached hydrogen (secondary N) is 1. The zero-order valence-electron chi connectivity index (χ0n) is 8.86. The molecule has 0 bridgehead atoms. The molecule has 6 heteroatoms. The molecule has 0 aliphatic carbocycles. The third kappa shape index (κ3) is 2.00. The molecule has 0 spiro atoms. The number of piperazine rings is 1. The summed E-state index contributed by atoms with van der Waals surface area (Å²) in [6.45, 7) is 6.49. The van der Waals surface area contributed by atoms with Gasteiger partial charge in [0.15, 0.2) is 5.69 Å². The van der Waals surface area contributed by atoms with Crippen molar-refractivity contribution in [2.24, 2.45) is 0 Å². The molecule has 1 aliphatic rings. The van der Waals surface area contributed by atoms with E-state index in [9.17, 15) is 4.79 Å². The maximum Gasteiger partial charge on any atom is 0.275 e. The van der Waals surface area contributed by atoms with Gasteiger partial charge in [0.25, 0.3) is 5.91 Å². The number of hydrogen-bond donors (Lipinski definition) is 1. The Morgan fingerprint density at radius 3 is 3.07 bits per heavy atom. The quantitative estimate of drug-likeness (QED) is 0.751. The number of carbonyl (C=O) groups is 1. The Balaban J connectivity index is 2.19. The minimum Gasteiger partial charge on any atom is -0.330 e. The summed E-state index contributed by atoms with van der Waals surface area (Å²) in [6.07, 6.45) is 1.53. The Hall–Kier alpha value is -1.01. The van der Waals surface area contributed by atoms with Crippen molar-refractivity contribution in [1.29, 1.82) is 0 Å². The lowest BCUT2D eigenvalue weighted by molar-refractivity contribution is 0.0472. The normalized spacial score (nSPS) is 20.3. The van der Waals surface area contributed by atoms with Gasteiger partial charge in [-0.25, -0.2) is 0 Å². The van der Waals surface area contributed by atoms with Crippen LogP contribution >= 0.6 is 11.7 Å². The SMILES string of the molecule is CC1(C)CNCCN1C(=O)c1cnsn1. The van der Waals surface area contributed by atoms with Gasteiger partial charge in [-0.2, -0.15) is 8.75 Å². The van der Waals surface area contributed by atoms with E-state index in [1.54, 1.807) is 0 Å². The van der Waals surface area contributed by atoms with Crippen LogP contribution in [0.4, 0.5) is 0 Å². The van der Waals surface area contributed by atoms with E-state index in [1.807, 2.05) is 4.90 Å². The number of nitrogens with zero attached hydrogens (tertiary/aromatic N) is 3. The number of hydrogen-bond acceptors (Lipinski definition) is 5. The fraction of sp³-hybridized carbons (Fsp3) is 0.667. The lowest BCUT2D eigenvalue weighted by atomic mass is 10.00. The van der Waals surface area contributed by atoms with E-state index >= 15 is 0 Å². The number of carbonyl (C=O) groups excluding carboxylic acids is 1. The van der Waals surface area contributed by atoms with Crippen LogP contribution in [0.25, 0.3) is 0 Å². The van der Waals surface area contributed by atoms with Gasteiger partial charge in [0, 0.05) is 19.6 Å². The summed E-state index contributed by atoms with van der Waals surface area (Å²) < 4.78 is 7.83. The Labute approximate surface area is 92.8 Å². The highest BCUT2D eigenvalue weighted by atomic mass is 32.1. The molecule has 1 aromatic rings. The summed E-state index contributed by atoms with van der Waals surface area (Å²) in [4.78, 5) is 13.9. The maximum absolute atomic E-state index is 12.1. The van der Waals surface area contributed by atoms with Crippen LogP contribution < -0.4 is 5.32 Å². The first kappa shape index (κ1) is 10.5. The Kier molecular flexibility index (Phi) is 2.70. The first-order valence-corrected chi connectivity index (χ1v) is 5.64. The smallest absolute Gasteiger partial charge is 0.275 e. The third-order valence-electron chi connectivity index (χ3n) is 2.63. The average Bonchev–Trinajstić information content (AvgIpc) is 2.69. The topological polar surface area (TPSA) is 58.1 Å². The van der Waals surface area contributed by atoms with Gasteiger partial charge >= 0.3 is 0 Å². The monoisotopic (exact) mass is 226 g/mol. The van der Waals surface area contributed by atoms with Crippen molar-refractivity contribution in [3.63, 3.8) is 0 Å². The average molecular weight is 226 g/mol. The van der Waals surface area contributed by atoms with E-state index in [2.05, 4.69) is 27.9 Å². The number of rotatable bonds is 1. The molecular formula is C9H14N4OS. The number of aromatic nitrogens is 2. The highest BCUT2D eigenvalue weighted by Crippen LogP contribution is 2.18. The van der Waals surface area contributed by atoms with Gasteiger partial charge in [0.2, 0.25) is 0 Å². The second-order valence-corrected chi connectivity index (χ2v) is 4.80. The molecule has 2 rings (SSSR count). The van der Waals surface area contributed by atoms with Crippen LogP contribution in [0.1, 0.15) is 24.3 Å². The van der Waals surface area contributed by atoms with Gasteiger partial charge < -0.3 is 10.2 Å². The molecule has 1 saturated heterocycles. The van der Waals surface area contributed by atoms with Crippen molar-refractivity contribution < 1.29 is 4.79 Å². The standard InChI is InChI=1S/C9H14N4OS/c1-9(2)6-10-3-4-13(9)8(14)7-5-11-15-12-7/h5,10H,3-4,6H2,1-2H3. The van der Waals surface area contributed by atoms with E-state index in [4.69, 9.17) is 0 Å². The second-order valence-electron chi connectivity index (χ2n) is 4.24.